The van der Waals surface area contributed by atoms with Gasteiger partial charge in [-0.1, -0.05) is 36.8 Å². The summed E-state index contributed by atoms with van der Waals surface area (Å²) in [6, 6.07) is 8.90. The van der Waals surface area contributed by atoms with Crippen LogP contribution in [0.4, 0.5) is 0 Å². The van der Waals surface area contributed by atoms with E-state index in [0.717, 1.165) is 18.7 Å². The Balaban J connectivity index is 2.23. The van der Waals surface area contributed by atoms with Gasteiger partial charge in [0.2, 0.25) is 0 Å². The van der Waals surface area contributed by atoms with Crippen molar-refractivity contribution in [1.29, 1.82) is 0 Å². The third-order valence-electron chi connectivity index (χ3n) is 2.76. The van der Waals surface area contributed by atoms with Crippen LogP contribution in [0.2, 0.25) is 0 Å². The molecule has 0 aliphatic rings. The predicted molar refractivity (Wildman–Crippen MR) is 73.4 cm³/mol. The maximum Gasteiger partial charge on any atom is 0.0795 e. The molecule has 0 aliphatic carbocycles. The van der Waals surface area contributed by atoms with Crippen LogP contribution in [0.25, 0.3) is 0 Å². The van der Waals surface area contributed by atoms with Crippen molar-refractivity contribution >= 4 is 11.3 Å². The Bertz CT molecular complexity index is 434. The maximum absolute atomic E-state index is 4.42. The first-order valence-electron chi connectivity index (χ1n) is 5.99. The normalized spacial score (nSPS) is 12.6. The molecule has 0 radical (unpaired) electrons. The zero-order valence-corrected chi connectivity index (χ0v) is 11.1. The molecule has 17 heavy (non-hydrogen) atoms. The summed E-state index contributed by atoms with van der Waals surface area (Å²) >= 11 is 1.65. The van der Waals surface area contributed by atoms with Gasteiger partial charge in [0.05, 0.1) is 17.2 Å². The summed E-state index contributed by atoms with van der Waals surface area (Å²) < 4.78 is 0. The van der Waals surface area contributed by atoms with Gasteiger partial charge in [0.15, 0.2) is 0 Å². The standard InChI is InChI=1S/C14H18N2S/c1-3-8-15-14(13-9-17-10-16-13)12-6-4-11(2)5-7-12/h4-7,9-10,14-15H,3,8H2,1-2H3. The molecule has 1 atom stereocenters. The second-order valence-corrected chi connectivity index (χ2v) is 4.93. The average Bonchev–Trinajstić information content (AvgIpc) is 2.85. The smallest absolute Gasteiger partial charge is 0.0795 e. The van der Waals surface area contributed by atoms with Gasteiger partial charge in [0.1, 0.15) is 0 Å². The van der Waals surface area contributed by atoms with Crippen LogP contribution in [0.3, 0.4) is 0 Å². The maximum atomic E-state index is 4.42. The molecule has 0 aliphatic heterocycles. The summed E-state index contributed by atoms with van der Waals surface area (Å²) in [6.45, 7) is 5.30. The predicted octanol–water partition coefficient (Wildman–Crippen LogP) is 3.54. The third-order valence-corrected chi connectivity index (χ3v) is 3.36. The van der Waals surface area contributed by atoms with Gasteiger partial charge in [-0.2, -0.15) is 0 Å². The van der Waals surface area contributed by atoms with Crippen LogP contribution in [0, 0.1) is 6.92 Å². The zero-order valence-electron chi connectivity index (χ0n) is 10.3. The van der Waals surface area contributed by atoms with Crippen molar-refractivity contribution in [3.05, 3.63) is 52.0 Å². The number of nitrogens with zero attached hydrogens (tertiary/aromatic N) is 1. The van der Waals surface area contributed by atoms with E-state index in [0.29, 0.717) is 0 Å². The average molecular weight is 246 g/mol. The Morgan fingerprint density at radius 2 is 2.06 bits per heavy atom. The Labute approximate surface area is 107 Å². The topological polar surface area (TPSA) is 24.9 Å². The van der Waals surface area contributed by atoms with Gasteiger partial charge in [-0.05, 0) is 25.5 Å². The van der Waals surface area contributed by atoms with Crippen LogP contribution in [0.15, 0.2) is 35.2 Å². The van der Waals surface area contributed by atoms with Gasteiger partial charge in [-0.3, -0.25) is 0 Å². The molecule has 0 fully saturated rings. The van der Waals surface area contributed by atoms with Crippen molar-refractivity contribution in [2.45, 2.75) is 26.3 Å². The summed E-state index contributed by atoms with van der Waals surface area (Å²) in [5, 5.41) is 5.67. The molecule has 0 saturated carbocycles. The fourth-order valence-electron chi connectivity index (χ4n) is 1.81. The number of aryl methyl sites for hydroxylation is 1. The van der Waals surface area contributed by atoms with Crippen LogP contribution < -0.4 is 5.32 Å². The first-order valence-corrected chi connectivity index (χ1v) is 6.93. The Kier molecular flexibility index (Phi) is 4.29. The molecular formula is C14H18N2S. The quantitative estimate of drug-likeness (QED) is 0.873. The first kappa shape index (κ1) is 12.3. The highest BCUT2D eigenvalue weighted by molar-refractivity contribution is 7.07. The monoisotopic (exact) mass is 246 g/mol. The minimum Gasteiger partial charge on any atom is -0.305 e. The molecule has 0 spiro atoms. The first-order chi connectivity index (χ1) is 8.31. The molecule has 0 amide bonds. The van der Waals surface area contributed by atoms with Gasteiger partial charge >= 0.3 is 0 Å². The molecular weight excluding hydrogens is 228 g/mol. The number of hydrogen-bond acceptors (Lipinski definition) is 3. The second-order valence-electron chi connectivity index (χ2n) is 4.21. The lowest BCUT2D eigenvalue weighted by molar-refractivity contribution is 0.589. The van der Waals surface area contributed by atoms with Crippen molar-refractivity contribution < 1.29 is 0 Å². The van der Waals surface area contributed by atoms with E-state index in [1.807, 2.05) is 5.51 Å². The molecule has 1 N–H and O–H groups in total. The van der Waals surface area contributed by atoms with Crippen molar-refractivity contribution in [1.82, 2.24) is 10.3 Å². The fraction of sp³-hybridized carbons (Fsp3) is 0.357. The molecule has 2 aromatic rings. The molecule has 1 aromatic heterocycles. The lowest BCUT2D eigenvalue weighted by Gasteiger charge is -2.17. The number of rotatable bonds is 5. The summed E-state index contributed by atoms with van der Waals surface area (Å²) in [6.07, 6.45) is 1.13. The largest absolute Gasteiger partial charge is 0.305 e. The van der Waals surface area contributed by atoms with Crippen LogP contribution in [0.1, 0.15) is 36.2 Å². The third kappa shape index (κ3) is 3.14. The number of nitrogens with one attached hydrogen (secondary N) is 1. The fourth-order valence-corrected chi connectivity index (χ4v) is 2.38. The minimum absolute atomic E-state index is 0.224. The van der Waals surface area contributed by atoms with Crippen molar-refractivity contribution in [3.63, 3.8) is 0 Å². The zero-order chi connectivity index (χ0) is 12.1. The number of benzene rings is 1. The Morgan fingerprint density at radius 1 is 1.29 bits per heavy atom. The lowest BCUT2D eigenvalue weighted by Crippen LogP contribution is -2.23. The Hall–Kier alpha value is -1.19. The van der Waals surface area contributed by atoms with Gasteiger partial charge in [-0.15, -0.1) is 11.3 Å². The number of hydrogen-bond donors (Lipinski definition) is 1. The van der Waals surface area contributed by atoms with E-state index in [2.05, 4.69) is 53.8 Å². The van der Waals surface area contributed by atoms with Gasteiger partial charge in [-0.25, -0.2) is 4.98 Å². The van der Waals surface area contributed by atoms with Gasteiger partial charge < -0.3 is 5.32 Å². The van der Waals surface area contributed by atoms with E-state index in [4.69, 9.17) is 0 Å². The van der Waals surface area contributed by atoms with Crippen molar-refractivity contribution in [2.75, 3.05) is 6.54 Å². The molecule has 1 aromatic carbocycles. The number of aromatic nitrogens is 1. The van der Waals surface area contributed by atoms with E-state index in [1.165, 1.54) is 11.1 Å². The molecule has 2 rings (SSSR count). The minimum atomic E-state index is 0.224. The molecule has 0 saturated heterocycles. The number of thiazole rings is 1. The highest BCUT2D eigenvalue weighted by Crippen LogP contribution is 2.22. The molecule has 2 nitrogen and oxygen atoms in total. The van der Waals surface area contributed by atoms with Crippen molar-refractivity contribution in [3.8, 4) is 0 Å². The highest BCUT2D eigenvalue weighted by Gasteiger charge is 2.14. The van der Waals surface area contributed by atoms with Gasteiger partial charge in [0.25, 0.3) is 0 Å². The van der Waals surface area contributed by atoms with Crippen LogP contribution >= 0.6 is 11.3 Å². The molecule has 1 unspecified atom stereocenters. The van der Waals surface area contributed by atoms with Gasteiger partial charge in [0, 0.05) is 5.38 Å². The van der Waals surface area contributed by atoms with Crippen LogP contribution in [0.5, 0.6) is 0 Å². The van der Waals surface area contributed by atoms with Crippen LogP contribution in [-0.2, 0) is 0 Å². The molecule has 3 heteroatoms. The van der Waals surface area contributed by atoms with E-state index in [9.17, 15) is 0 Å². The summed E-state index contributed by atoms with van der Waals surface area (Å²) in [5.74, 6) is 0. The highest BCUT2D eigenvalue weighted by atomic mass is 32.1. The molecule has 0 bridgehead atoms. The second kappa shape index (κ2) is 5.94. The summed E-state index contributed by atoms with van der Waals surface area (Å²) in [5.41, 5.74) is 5.59. The molecule has 90 valence electrons. The molecule has 1 heterocycles. The Morgan fingerprint density at radius 3 is 2.65 bits per heavy atom. The summed E-state index contributed by atoms with van der Waals surface area (Å²) in [4.78, 5) is 4.42. The van der Waals surface area contributed by atoms with E-state index in [1.54, 1.807) is 11.3 Å². The van der Waals surface area contributed by atoms with E-state index >= 15 is 0 Å². The van der Waals surface area contributed by atoms with E-state index in [-0.39, 0.29) is 6.04 Å². The van der Waals surface area contributed by atoms with E-state index < -0.39 is 0 Å². The SMILES string of the molecule is CCCNC(c1ccc(C)cc1)c1cscn1. The lowest BCUT2D eigenvalue weighted by atomic mass is 10.0. The van der Waals surface area contributed by atoms with Crippen LogP contribution in [-0.4, -0.2) is 11.5 Å². The van der Waals surface area contributed by atoms with Crippen molar-refractivity contribution in [2.24, 2.45) is 0 Å². The summed E-state index contributed by atoms with van der Waals surface area (Å²) in [7, 11) is 0.